The molecule has 0 aliphatic carbocycles. The van der Waals surface area contributed by atoms with Crippen LogP contribution in [0.4, 0.5) is 0 Å². The normalized spacial score (nSPS) is 13.7. The molecule has 1 unspecified atom stereocenters. The van der Waals surface area contributed by atoms with Gasteiger partial charge in [-0.2, -0.15) is 0 Å². The summed E-state index contributed by atoms with van der Waals surface area (Å²) in [5.41, 5.74) is -0.347. The first kappa shape index (κ1) is 14.5. The maximum absolute atomic E-state index is 11.6. The van der Waals surface area contributed by atoms with Crippen molar-refractivity contribution in [3.05, 3.63) is 0 Å². The van der Waals surface area contributed by atoms with Crippen LogP contribution >= 0.6 is 0 Å². The van der Waals surface area contributed by atoms with E-state index in [2.05, 4.69) is 13.8 Å². The average molecular weight is 214 g/mol. The summed E-state index contributed by atoms with van der Waals surface area (Å²) in [5.74, 6) is 0.449. The van der Waals surface area contributed by atoms with Gasteiger partial charge in [-0.15, -0.1) is 0 Å². The average Bonchev–Trinajstić information content (AvgIpc) is 2.09. The molecule has 90 valence electrons. The molecule has 0 bridgehead atoms. The Bertz CT molecular complexity index is 179. The van der Waals surface area contributed by atoms with Gasteiger partial charge in [-0.1, -0.05) is 33.1 Å². The fourth-order valence-corrected chi connectivity index (χ4v) is 1.56. The maximum Gasteiger partial charge on any atom is 0.306 e. The molecule has 0 aliphatic heterocycles. The van der Waals surface area contributed by atoms with Crippen LogP contribution in [0.3, 0.4) is 0 Å². The van der Waals surface area contributed by atoms with E-state index in [0.29, 0.717) is 12.3 Å². The Hall–Kier alpha value is -0.530. The molecule has 0 rings (SSSR count). The first-order chi connectivity index (χ1) is 6.89. The number of ether oxygens (including phenoxy) is 1. The van der Waals surface area contributed by atoms with E-state index in [-0.39, 0.29) is 11.6 Å². The van der Waals surface area contributed by atoms with E-state index in [9.17, 15) is 4.79 Å². The molecule has 0 saturated heterocycles. The second-order valence-corrected chi connectivity index (χ2v) is 5.21. The topological polar surface area (TPSA) is 26.3 Å². The van der Waals surface area contributed by atoms with Crippen molar-refractivity contribution in [3.63, 3.8) is 0 Å². The van der Waals surface area contributed by atoms with Gasteiger partial charge in [0.15, 0.2) is 0 Å². The van der Waals surface area contributed by atoms with Gasteiger partial charge < -0.3 is 4.74 Å². The first-order valence-electron chi connectivity index (χ1n) is 6.10. The summed E-state index contributed by atoms with van der Waals surface area (Å²) >= 11 is 0. The van der Waals surface area contributed by atoms with Crippen LogP contribution in [0.15, 0.2) is 0 Å². The van der Waals surface area contributed by atoms with E-state index in [1.165, 1.54) is 12.8 Å². The monoisotopic (exact) mass is 214 g/mol. The molecular formula is C13H26O2. The molecule has 1 atom stereocenters. The van der Waals surface area contributed by atoms with Gasteiger partial charge in [-0.3, -0.25) is 4.79 Å². The predicted molar refractivity (Wildman–Crippen MR) is 63.8 cm³/mol. The van der Waals surface area contributed by atoms with E-state index in [1.54, 1.807) is 0 Å². The molecule has 0 amide bonds. The Labute approximate surface area is 94.4 Å². The molecule has 0 heterocycles. The fourth-order valence-electron chi connectivity index (χ4n) is 1.56. The molecule has 0 aromatic carbocycles. The summed E-state index contributed by atoms with van der Waals surface area (Å²) in [5, 5.41) is 0. The lowest BCUT2D eigenvalue weighted by Gasteiger charge is -2.21. The van der Waals surface area contributed by atoms with Crippen LogP contribution < -0.4 is 0 Å². The largest absolute Gasteiger partial charge is 0.460 e. The highest BCUT2D eigenvalue weighted by atomic mass is 16.6. The zero-order chi connectivity index (χ0) is 11.9. The van der Waals surface area contributed by atoms with E-state index in [4.69, 9.17) is 4.74 Å². The fraction of sp³-hybridized carbons (Fsp3) is 0.923. The molecule has 0 aromatic heterocycles. The van der Waals surface area contributed by atoms with Gasteiger partial charge in [0.1, 0.15) is 5.60 Å². The molecule has 0 saturated carbocycles. The molecule has 0 spiro atoms. The van der Waals surface area contributed by atoms with Crippen molar-refractivity contribution in [2.45, 2.75) is 72.3 Å². The summed E-state index contributed by atoms with van der Waals surface area (Å²) in [6.07, 6.45) is 5.20. The van der Waals surface area contributed by atoms with E-state index < -0.39 is 0 Å². The zero-order valence-corrected chi connectivity index (χ0v) is 10.9. The van der Waals surface area contributed by atoms with E-state index >= 15 is 0 Å². The van der Waals surface area contributed by atoms with Crippen molar-refractivity contribution >= 4 is 5.97 Å². The molecule has 15 heavy (non-hydrogen) atoms. The van der Waals surface area contributed by atoms with Gasteiger partial charge in [0.2, 0.25) is 0 Å². The van der Waals surface area contributed by atoms with E-state index in [1.807, 2.05) is 20.8 Å². The quantitative estimate of drug-likeness (QED) is 0.626. The summed E-state index contributed by atoms with van der Waals surface area (Å²) in [4.78, 5) is 11.6. The van der Waals surface area contributed by atoms with Crippen LogP contribution in [0, 0.1) is 5.92 Å². The second-order valence-electron chi connectivity index (χ2n) is 5.21. The minimum absolute atomic E-state index is 0.0505. The van der Waals surface area contributed by atoms with Crippen LogP contribution in [0.1, 0.15) is 66.7 Å². The van der Waals surface area contributed by atoms with Crippen LogP contribution in [-0.4, -0.2) is 11.6 Å². The minimum Gasteiger partial charge on any atom is -0.460 e. The maximum atomic E-state index is 11.6. The van der Waals surface area contributed by atoms with Gasteiger partial charge in [-0.05, 0) is 33.1 Å². The van der Waals surface area contributed by atoms with Crippen molar-refractivity contribution in [1.82, 2.24) is 0 Å². The summed E-state index contributed by atoms with van der Waals surface area (Å²) in [6, 6.07) is 0. The Morgan fingerprint density at radius 3 is 2.27 bits per heavy atom. The number of esters is 1. The van der Waals surface area contributed by atoms with Crippen molar-refractivity contribution in [3.8, 4) is 0 Å². The highest BCUT2D eigenvalue weighted by Crippen LogP contribution is 2.19. The SMILES string of the molecule is CCCCC(CC)CC(=O)OC(C)(C)C. The molecular weight excluding hydrogens is 188 g/mol. The van der Waals surface area contributed by atoms with Crippen LogP contribution in [0.2, 0.25) is 0 Å². The van der Waals surface area contributed by atoms with Gasteiger partial charge >= 0.3 is 5.97 Å². The number of hydrogen-bond donors (Lipinski definition) is 0. The molecule has 0 radical (unpaired) electrons. The van der Waals surface area contributed by atoms with Gasteiger partial charge in [0.25, 0.3) is 0 Å². The molecule has 2 nitrogen and oxygen atoms in total. The number of carbonyl (C=O) groups is 1. The number of rotatable bonds is 6. The first-order valence-corrected chi connectivity index (χ1v) is 6.10. The highest BCUT2D eigenvalue weighted by molar-refractivity contribution is 5.70. The van der Waals surface area contributed by atoms with Crippen molar-refractivity contribution in [1.29, 1.82) is 0 Å². The van der Waals surface area contributed by atoms with Gasteiger partial charge in [0.05, 0.1) is 0 Å². The van der Waals surface area contributed by atoms with Crippen LogP contribution in [0.25, 0.3) is 0 Å². The molecule has 0 fully saturated rings. The Kier molecular flexibility index (Phi) is 6.62. The smallest absolute Gasteiger partial charge is 0.306 e. The Morgan fingerprint density at radius 1 is 1.27 bits per heavy atom. The lowest BCUT2D eigenvalue weighted by molar-refractivity contribution is -0.156. The minimum atomic E-state index is -0.347. The number of carbonyl (C=O) groups excluding carboxylic acids is 1. The van der Waals surface area contributed by atoms with Crippen LogP contribution in [-0.2, 0) is 9.53 Å². The Morgan fingerprint density at radius 2 is 1.87 bits per heavy atom. The lowest BCUT2D eigenvalue weighted by atomic mass is 9.96. The third-order valence-corrected chi connectivity index (χ3v) is 2.42. The van der Waals surface area contributed by atoms with Crippen LogP contribution in [0.5, 0.6) is 0 Å². The van der Waals surface area contributed by atoms with Crippen molar-refractivity contribution in [2.24, 2.45) is 5.92 Å². The number of unbranched alkanes of at least 4 members (excludes halogenated alkanes) is 1. The zero-order valence-electron chi connectivity index (χ0n) is 10.9. The summed E-state index contributed by atoms with van der Waals surface area (Å²) < 4.78 is 5.31. The van der Waals surface area contributed by atoms with Crippen molar-refractivity contribution in [2.75, 3.05) is 0 Å². The highest BCUT2D eigenvalue weighted by Gasteiger charge is 2.19. The van der Waals surface area contributed by atoms with Gasteiger partial charge in [0, 0.05) is 6.42 Å². The summed E-state index contributed by atoms with van der Waals surface area (Å²) in [6.45, 7) is 10.1. The molecule has 0 aromatic rings. The predicted octanol–water partition coefficient (Wildman–Crippen LogP) is 3.93. The number of hydrogen-bond acceptors (Lipinski definition) is 2. The molecule has 0 aliphatic rings. The van der Waals surface area contributed by atoms with Gasteiger partial charge in [-0.25, -0.2) is 0 Å². The second kappa shape index (κ2) is 6.86. The molecule has 0 N–H and O–H groups in total. The Balaban J connectivity index is 3.91. The third-order valence-electron chi connectivity index (χ3n) is 2.42. The third kappa shape index (κ3) is 8.46. The summed E-state index contributed by atoms with van der Waals surface area (Å²) in [7, 11) is 0. The van der Waals surface area contributed by atoms with Crippen molar-refractivity contribution < 1.29 is 9.53 Å². The lowest BCUT2D eigenvalue weighted by Crippen LogP contribution is -2.25. The molecule has 2 heteroatoms. The standard InChI is InChI=1S/C13H26O2/c1-6-8-9-11(7-2)10-12(14)15-13(3,4)5/h11H,6-10H2,1-5H3. The van der Waals surface area contributed by atoms with E-state index in [0.717, 1.165) is 12.8 Å².